The van der Waals surface area contributed by atoms with Crippen LogP contribution in [-0.2, 0) is 9.59 Å². The van der Waals surface area contributed by atoms with Crippen molar-refractivity contribution in [2.75, 3.05) is 0 Å². The first-order chi connectivity index (χ1) is 6.68. The molecule has 0 heterocycles. The summed E-state index contributed by atoms with van der Waals surface area (Å²) >= 11 is 0. The molecule has 1 aliphatic rings. The fourth-order valence-corrected chi connectivity index (χ4v) is 1.64. The first-order valence-corrected chi connectivity index (χ1v) is 5.16. The molecule has 78 valence electrons. The molecule has 0 radical (unpaired) electrons. The third kappa shape index (κ3) is 4.21. The molecule has 1 rings (SSSR count). The van der Waals surface area contributed by atoms with Gasteiger partial charge in [-0.15, -0.1) is 0 Å². The lowest BCUT2D eigenvalue weighted by atomic mass is 9.93. The van der Waals surface area contributed by atoms with E-state index in [0.717, 1.165) is 25.7 Å². The standard InChI is InChI=1S/C11H17NO2/c12-11(14)4-2-1-3-9-5-7-10(13)8-6-9/h3H,1-2,4-8H2,(H2,12,14). The molecule has 1 aliphatic carbocycles. The molecule has 0 saturated heterocycles. The Labute approximate surface area is 84.4 Å². The van der Waals surface area contributed by atoms with Crippen LogP contribution in [0.2, 0.25) is 0 Å². The number of carbonyl (C=O) groups is 2. The van der Waals surface area contributed by atoms with Gasteiger partial charge in [0.25, 0.3) is 0 Å². The van der Waals surface area contributed by atoms with Crippen LogP contribution in [-0.4, -0.2) is 11.7 Å². The molecule has 0 aromatic heterocycles. The van der Waals surface area contributed by atoms with E-state index in [-0.39, 0.29) is 5.91 Å². The van der Waals surface area contributed by atoms with Crippen LogP contribution in [0.25, 0.3) is 0 Å². The molecular formula is C11H17NO2. The average molecular weight is 195 g/mol. The van der Waals surface area contributed by atoms with Crippen LogP contribution >= 0.6 is 0 Å². The van der Waals surface area contributed by atoms with Gasteiger partial charge in [-0.3, -0.25) is 9.59 Å². The van der Waals surface area contributed by atoms with Gasteiger partial charge < -0.3 is 5.73 Å². The monoisotopic (exact) mass is 195 g/mol. The predicted octanol–water partition coefficient (Wildman–Crippen LogP) is 1.71. The first kappa shape index (κ1) is 11.0. The quantitative estimate of drug-likeness (QED) is 0.548. The lowest BCUT2D eigenvalue weighted by Crippen LogP contribution is -2.09. The predicted molar refractivity (Wildman–Crippen MR) is 54.6 cm³/mol. The molecular weight excluding hydrogens is 178 g/mol. The topological polar surface area (TPSA) is 60.2 Å². The Morgan fingerprint density at radius 2 is 1.93 bits per heavy atom. The maximum atomic E-state index is 10.9. The zero-order valence-electron chi connectivity index (χ0n) is 8.42. The minimum atomic E-state index is -0.234. The van der Waals surface area contributed by atoms with Crippen LogP contribution in [0.4, 0.5) is 0 Å². The van der Waals surface area contributed by atoms with E-state index >= 15 is 0 Å². The van der Waals surface area contributed by atoms with Gasteiger partial charge in [-0.1, -0.05) is 11.6 Å². The zero-order valence-corrected chi connectivity index (χ0v) is 8.42. The van der Waals surface area contributed by atoms with Gasteiger partial charge in [-0.05, 0) is 25.7 Å². The Balaban J connectivity index is 2.18. The lowest BCUT2D eigenvalue weighted by Gasteiger charge is -2.12. The smallest absolute Gasteiger partial charge is 0.217 e. The molecule has 3 heteroatoms. The van der Waals surface area contributed by atoms with E-state index in [4.69, 9.17) is 5.73 Å². The van der Waals surface area contributed by atoms with Gasteiger partial charge in [0.2, 0.25) is 5.91 Å². The van der Waals surface area contributed by atoms with E-state index in [1.807, 2.05) is 0 Å². The minimum Gasteiger partial charge on any atom is -0.370 e. The summed E-state index contributed by atoms with van der Waals surface area (Å²) in [5.41, 5.74) is 6.40. The summed E-state index contributed by atoms with van der Waals surface area (Å²) in [6.07, 6.45) is 7.57. The number of hydrogen-bond donors (Lipinski definition) is 1. The first-order valence-electron chi connectivity index (χ1n) is 5.16. The van der Waals surface area contributed by atoms with Gasteiger partial charge in [0, 0.05) is 19.3 Å². The molecule has 2 N–H and O–H groups in total. The lowest BCUT2D eigenvalue weighted by molar-refractivity contribution is -0.119. The summed E-state index contributed by atoms with van der Waals surface area (Å²) in [7, 11) is 0. The van der Waals surface area contributed by atoms with Crippen molar-refractivity contribution in [3.8, 4) is 0 Å². The summed E-state index contributed by atoms with van der Waals surface area (Å²) in [6, 6.07) is 0. The van der Waals surface area contributed by atoms with Crippen molar-refractivity contribution in [2.24, 2.45) is 5.73 Å². The van der Waals surface area contributed by atoms with Crippen LogP contribution in [0.3, 0.4) is 0 Å². The number of allylic oxidation sites excluding steroid dienone is 2. The Morgan fingerprint density at radius 1 is 1.29 bits per heavy atom. The van der Waals surface area contributed by atoms with Crippen molar-refractivity contribution in [3.05, 3.63) is 11.6 Å². The highest BCUT2D eigenvalue weighted by molar-refractivity contribution is 5.80. The largest absolute Gasteiger partial charge is 0.370 e. The van der Waals surface area contributed by atoms with Crippen molar-refractivity contribution >= 4 is 11.7 Å². The van der Waals surface area contributed by atoms with Crippen LogP contribution in [0.1, 0.15) is 44.9 Å². The van der Waals surface area contributed by atoms with E-state index in [0.29, 0.717) is 25.0 Å². The van der Waals surface area contributed by atoms with E-state index in [9.17, 15) is 9.59 Å². The SMILES string of the molecule is NC(=O)CCCC=C1CCC(=O)CC1. The number of nitrogens with two attached hydrogens (primary N) is 1. The summed E-state index contributed by atoms with van der Waals surface area (Å²) in [4.78, 5) is 21.4. The van der Waals surface area contributed by atoms with Crippen LogP contribution in [0, 0.1) is 0 Å². The van der Waals surface area contributed by atoms with Gasteiger partial charge in [-0.2, -0.15) is 0 Å². The minimum absolute atomic E-state index is 0.234. The molecule has 1 saturated carbocycles. The number of amides is 1. The highest BCUT2D eigenvalue weighted by Crippen LogP contribution is 2.21. The van der Waals surface area contributed by atoms with Crippen LogP contribution in [0.5, 0.6) is 0 Å². The number of rotatable bonds is 4. The number of Topliss-reactive ketones (excluding diaryl/α,β-unsaturated/α-hetero) is 1. The number of hydrogen-bond acceptors (Lipinski definition) is 2. The molecule has 3 nitrogen and oxygen atoms in total. The average Bonchev–Trinajstić information content (AvgIpc) is 2.15. The Hall–Kier alpha value is -1.12. The number of ketones is 1. The van der Waals surface area contributed by atoms with Gasteiger partial charge in [0.15, 0.2) is 0 Å². The van der Waals surface area contributed by atoms with E-state index in [2.05, 4.69) is 6.08 Å². The molecule has 0 spiro atoms. The van der Waals surface area contributed by atoms with Crippen LogP contribution in [0.15, 0.2) is 11.6 Å². The highest BCUT2D eigenvalue weighted by Gasteiger charge is 2.11. The summed E-state index contributed by atoms with van der Waals surface area (Å²) < 4.78 is 0. The maximum Gasteiger partial charge on any atom is 0.217 e. The zero-order chi connectivity index (χ0) is 10.4. The molecule has 0 aromatic rings. The Morgan fingerprint density at radius 3 is 2.50 bits per heavy atom. The summed E-state index contributed by atoms with van der Waals surface area (Å²) in [6.45, 7) is 0. The summed E-state index contributed by atoms with van der Waals surface area (Å²) in [5, 5.41) is 0. The van der Waals surface area contributed by atoms with Crippen LogP contribution < -0.4 is 5.73 Å². The van der Waals surface area contributed by atoms with Gasteiger partial charge in [-0.25, -0.2) is 0 Å². The second kappa shape index (κ2) is 5.58. The molecule has 1 fully saturated rings. The number of carbonyl (C=O) groups excluding carboxylic acids is 2. The van der Waals surface area contributed by atoms with E-state index in [1.54, 1.807) is 0 Å². The van der Waals surface area contributed by atoms with Crippen molar-refractivity contribution in [1.29, 1.82) is 0 Å². The highest BCUT2D eigenvalue weighted by atomic mass is 16.1. The fourth-order valence-electron chi connectivity index (χ4n) is 1.64. The molecule has 0 aliphatic heterocycles. The molecule has 0 aromatic carbocycles. The van der Waals surface area contributed by atoms with Gasteiger partial charge >= 0.3 is 0 Å². The molecule has 0 unspecified atom stereocenters. The maximum absolute atomic E-state index is 10.9. The van der Waals surface area contributed by atoms with Crippen molar-refractivity contribution in [1.82, 2.24) is 0 Å². The van der Waals surface area contributed by atoms with Crippen molar-refractivity contribution in [2.45, 2.75) is 44.9 Å². The van der Waals surface area contributed by atoms with Gasteiger partial charge in [0.05, 0.1) is 0 Å². The van der Waals surface area contributed by atoms with E-state index < -0.39 is 0 Å². The van der Waals surface area contributed by atoms with Gasteiger partial charge in [0.1, 0.15) is 5.78 Å². The number of unbranched alkanes of at least 4 members (excludes halogenated alkanes) is 1. The Kier molecular flexibility index (Phi) is 4.36. The fraction of sp³-hybridized carbons (Fsp3) is 0.636. The molecule has 0 bridgehead atoms. The molecule has 1 amide bonds. The van der Waals surface area contributed by atoms with Crippen molar-refractivity contribution < 1.29 is 9.59 Å². The number of primary amides is 1. The van der Waals surface area contributed by atoms with Crippen molar-refractivity contribution in [3.63, 3.8) is 0 Å². The Bertz CT molecular complexity index is 244. The van der Waals surface area contributed by atoms with E-state index in [1.165, 1.54) is 5.57 Å². The molecule has 14 heavy (non-hydrogen) atoms. The second-order valence-corrected chi connectivity index (χ2v) is 3.76. The second-order valence-electron chi connectivity index (χ2n) is 3.76. The third-order valence-corrected chi connectivity index (χ3v) is 2.51. The summed E-state index contributed by atoms with van der Waals surface area (Å²) in [5.74, 6) is 0.140. The third-order valence-electron chi connectivity index (χ3n) is 2.51. The normalized spacial score (nSPS) is 16.9. The molecule has 0 atom stereocenters.